The largest absolute Gasteiger partial charge is 0.497 e. The lowest BCUT2D eigenvalue weighted by atomic mass is 9.93. The Labute approximate surface area is 296 Å². The van der Waals surface area contributed by atoms with E-state index in [0.29, 0.717) is 35.2 Å². The molecule has 0 unspecified atom stereocenters. The fourth-order valence-corrected chi connectivity index (χ4v) is 7.73. The van der Waals surface area contributed by atoms with E-state index in [2.05, 4.69) is 15.6 Å². The highest BCUT2D eigenvalue weighted by atomic mass is 16.6. The maximum atomic E-state index is 14.4. The van der Waals surface area contributed by atoms with E-state index in [0.717, 1.165) is 19.3 Å². The first-order chi connectivity index (χ1) is 24.2. The number of amides is 4. The molecule has 274 valence electrons. The molecule has 6 rings (SSSR count). The number of carboxylic acids is 1. The van der Waals surface area contributed by atoms with Gasteiger partial charge in [0.2, 0.25) is 11.8 Å². The lowest BCUT2D eigenvalue weighted by Gasteiger charge is -2.33. The minimum atomic E-state index is -1.48. The molecule has 4 heterocycles. The van der Waals surface area contributed by atoms with Crippen molar-refractivity contribution in [2.24, 2.45) is 17.8 Å². The third-order valence-electron chi connectivity index (χ3n) is 10.4. The highest BCUT2D eigenvalue weighted by molar-refractivity contribution is 5.99. The van der Waals surface area contributed by atoms with Gasteiger partial charge in [0.1, 0.15) is 40.4 Å². The summed E-state index contributed by atoms with van der Waals surface area (Å²) in [5.41, 5.74) is -1.59. The Kier molecular flexibility index (Phi) is 9.88. The Morgan fingerprint density at radius 3 is 2.53 bits per heavy atom. The average molecular weight is 706 g/mol. The van der Waals surface area contributed by atoms with Gasteiger partial charge in [0, 0.05) is 54.9 Å². The predicted octanol–water partition coefficient (Wildman–Crippen LogP) is 3.52. The van der Waals surface area contributed by atoms with Crippen molar-refractivity contribution in [3.8, 4) is 11.5 Å². The van der Waals surface area contributed by atoms with E-state index in [1.807, 2.05) is 18.2 Å². The van der Waals surface area contributed by atoms with Gasteiger partial charge in [0.05, 0.1) is 19.7 Å². The van der Waals surface area contributed by atoms with Crippen LogP contribution in [-0.4, -0.2) is 107 Å². The van der Waals surface area contributed by atoms with Crippen LogP contribution in [0.25, 0.3) is 10.9 Å². The van der Waals surface area contributed by atoms with Crippen LogP contribution in [0.4, 0.5) is 4.79 Å². The second kappa shape index (κ2) is 14.0. The van der Waals surface area contributed by atoms with Crippen molar-refractivity contribution in [3.05, 3.63) is 42.1 Å². The number of nitrogens with one attached hydrogen (secondary N) is 2. The van der Waals surface area contributed by atoms with Gasteiger partial charge in [-0.15, -0.1) is 0 Å². The monoisotopic (exact) mass is 705 g/mol. The zero-order chi connectivity index (χ0) is 36.7. The van der Waals surface area contributed by atoms with Crippen LogP contribution in [0.1, 0.15) is 69.8 Å². The molecule has 0 spiro atoms. The number of aliphatic carboxylic acids is 1. The normalized spacial score (nSPS) is 28.7. The van der Waals surface area contributed by atoms with Gasteiger partial charge in [-0.25, -0.2) is 14.6 Å². The van der Waals surface area contributed by atoms with Crippen LogP contribution in [-0.2, 0) is 19.1 Å². The number of fused-ring (bicyclic) bond motifs is 5. The molecule has 1 aromatic heterocycles. The quantitative estimate of drug-likeness (QED) is 0.390. The van der Waals surface area contributed by atoms with Crippen LogP contribution in [0.3, 0.4) is 0 Å². The zero-order valence-corrected chi connectivity index (χ0v) is 29.8. The molecule has 4 aliphatic rings. The number of likely N-dealkylation sites (tertiary alicyclic amines) is 1. The molecule has 4 amide bonds. The molecule has 1 aromatic carbocycles. The Morgan fingerprint density at radius 1 is 1.04 bits per heavy atom. The number of carbonyl (C=O) groups is 5. The van der Waals surface area contributed by atoms with Gasteiger partial charge < -0.3 is 39.8 Å². The van der Waals surface area contributed by atoms with Crippen LogP contribution in [0.5, 0.6) is 11.5 Å². The van der Waals surface area contributed by atoms with E-state index in [-0.39, 0.29) is 49.5 Å². The molecule has 14 nitrogen and oxygen atoms in total. The van der Waals surface area contributed by atoms with Gasteiger partial charge in [-0.05, 0) is 58.6 Å². The summed E-state index contributed by atoms with van der Waals surface area (Å²) in [7, 11) is 3.06. The number of pyridine rings is 1. The van der Waals surface area contributed by atoms with E-state index in [1.54, 1.807) is 51.0 Å². The molecular formula is C37H47N5O9. The number of aromatic nitrogens is 1. The smallest absolute Gasteiger partial charge is 0.408 e. The molecule has 3 aliphatic heterocycles. The van der Waals surface area contributed by atoms with Crippen LogP contribution < -0.4 is 20.1 Å². The number of carboxylic acid groups (broad SMARTS) is 1. The second-order valence-electron chi connectivity index (χ2n) is 15.0. The minimum Gasteiger partial charge on any atom is -0.497 e. The van der Waals surface area contributed by atoms with E-state index in [4.69, 9.17) is 14.2 Å². The first kappa shape index (κ1) is 35.9. The van der Waals surface area contributed by atoms with Crippen LogP contribution in [0, 0.1) is 17.8 Å². The molecule has 1 aliphatic carbocycles. The number of carbonyl (C=O) groups excluding carboxylic acids is 4. The van der Waals surface area contributed by atoms with Gasteiger partial charge in [0.25, 0.3) is 5.91 Å². The maximum Gasteiger partial charge on any atom is 0.408 e. The molecule has 3 N–H and O–H groups in total. The number of allylic oxidation sites excluding steroid dienone is 1. The molecule has 1 saturated carbocycles. The molecule has 2 saturated heterocycles. The fraction of sp³-hybridized carbons (Fsp3) is 0.568. The first-order valence-corrected chi connectivity index (χ1v) is 17.6. The SMILES string of the molecule is COc1ccc2c(OC)cc(C(=O)N3C[C@H]4CN5C(=O)[C@H](NC(=O)OC(C)(C)C)CCCCC/C=C\[C@H]6C[C@@]6(C(=O)O)NC(=O)[C@@H]5[C@H]4C3)nc2c1. The van der Waals surface area contributed by atoms with Crippen molar-refractivity contribution in [2.45, 2.75) is 82.5 Å². The number of nitrogens with zero attached hydrogens (tertiary/aromatic N) is 3. The lowest BCUT2D eigenvalue weighted by Crippen LogP contribution is -2.58. The van der Waals surface area contributed by atoms with E-state index in [9.17, 15) is 29.1 Å². The van der Waals surface area contributed by atoms with Gasteiger partial charge in [0.15, 0.2) is 0 Å². The minimum absolute atomic E-state index is 0.138. The van der Waals surface area contributed by atoms with E-state index in [1.165, 1.54) is 12.0 Å². The van der Waals surface area contributed by atoms with Gasteiger partial charge in [-0.1, -0.05) is 25.0 Å². The first-order valence-electron chi connectivity index (χ1n) is 17.6. The third kappa shape index (κ3) is 7.31. The highest BCUT2D eigenvalue weighted by Crippen LogP contribution is 2.46. The molecule has 0 bridgehead atoms. The fourth-order valence-electron chi connectivity index (χ4n) is 7.73. The van der Waals surface area contributed by atoms with Crippen molar-refractivity contribution in [2.75, 3.05) is 33.9 Å². The Hall–Kier alpha value is -4.88. The predicted molar refractivity (Wildman–Crippen MR) is 185 cm³/mol. The van der Waals surface area contributed by atoms with E-state index < -0.39 is 53.0 Å². The van der Waals surface area contributed by atoms with Crippen molar-refractivity contribution < 1.29 is 43.3 Å². The number of benzene rings is 1. The van der Waals surface area contributed by atoms with Gasteiger partial charge in [-0.3, -0.25) is 14.4 Å². The molecule has 14 heteroatoms. The van der Waals surface area contributed by atoms with Gasteiger partial charge >= 0.3 is 12.1 Å². The number of ether oxygens (including phenoxy) is 3. The summed E-state index contributed by atoms with van der Waals surface area (Å²) in [6.07, 6.45) is 6.66. The Bertz CT molecular complexity index is 1760. The molecular weight excluding hydrogens is 658 g/mol. The van der Waals surface area contributed by atoms with Gasteiger partial charge in [-0.2, -0.15) is 0 Å². The Morgan fingerprint density at radius 2 is 1.82 bits per heavy atom. The Balaban J connectivity index is 1.30. The van der Waals surface area contributed by atoms with Crippen molar-refractivity contribution >= 4 is 40.7 Å². The summed E-state index contributed by atoms with van der Waals surface area (Å²) in [6.45, 7) is 5.73. The molecule has 6 atom stereocenters. The van der Waals surface area contributed by atoms with Crippen molar-refractivity contribution in [1.29, 1.82) is 0 Å². The average Bonchev–Trinajstić information content (AvgIpc) is 3.43. The molecule has 0 radical (unpaired) electrons. The third-order valence-corrected chi connectivity index (χ3v) is 10.4. The van der Waals surface area contributed by atoms with Crippen LogP contribution >= 0.6 is 0 Å². The summed E-state index contributed by atoms with van der Waals surface area (Å²) in [5, 5.41) is 16.5. The molecule has 2 aromatic rings. The topological polar surface area (TPSA) is 177 Å². The number of hydrogen-bond acceptors (Lipinski definition) is 9. The lowest BCUT2D eigenvalue weighted by molar-refractivity contribution is -0.146. The summed E-state index contributed by atoms with van der Waals surface area (Å²) < 4.78 is 16.4. The summed E-state index contributed by atoms with van der Waals surface area (Å²) in [6, 6.07) is 4.87. The zero-order valence-electron chi connectivity index (χ0n) is 29.8. The number of alkyl carbamates (subject to hydrolysis) is 1. The standard InChI is InChI=1S/C37H47N5O9/c1-36(2,3)51-35(48)39-26-12-10-8-6-7-9-11-22-17-37(22,34(46)47)40-31(43)30-25-20-41(18-21(25)19-42(30)33(26)45)32(44)28-16-29(50-5)24-14-13-23(49-4)15-27(24)38-28/h9,11,13-16,21-22,25-26,30H,6-8,10,12,17-20H2,1-5H3,(H,39,48)(H,40,43)(H,46,47)/b11-9-/t21-,22-,25-,26+,30-,37+/m0/s1. The number of rotatable bonds is 5. The van der Waals surface area contributed by atoms with Crippen molar-refractivity contribution in [1.82, 2.24) is 25.4 Å². The summed E-state index contributed by atoms with van der Waals surface area (Å²) in [5.74, 6) is -2.63. The number of methoxy groups -OCH3 is 2. The van der Waals surface area contributed by atoms with Crippen LogP contribution in [0.2, 0.25) is 0 Å². The molecule has 51 heavy (non-hydrogen) atoms. The van der Waals surface area contributed by atoms with E-state index >= 15 is 0 Å². The van der Waals surface area contributed by atoms with Crippen LogP contribution in [0.15, 0.2) is 36.4 Å². The summed E-state index contributed by atoms with van der Waals surface area (Å²) in [4.78, 5) is 75.8. The summed E-state index contributed by atoms with van der Waals surface area (Å²) >= 11 is 0. The van der Waals surface area contributed by atoms with Crippen molar-refractivity contribution in [3.63, 3.8) is 0 Å². The number of hydrogen-bond donors (Lipinski definition) is 3. The molecule has 3 fully saturated rings. The maximum absolute atomic E-state index is 14.4. The second-order valence-corrected chi connectivity index (χ2v) is 15.0. The highest BCUT2D eigenvalue weighted by Gasteiger charge is 2.62.